The first kappa shape index (κ1) is 26.8. The number of rotatable bonds is 9. The minimum Gasteiger partial charge on any atom is -0.352 e. The van der Waals surface area contributed by atoms with Gasteiger partial charge in [-0.2, -0.15) is 0 Å². The molecular formula is C29H32Cl2N2O2. The summed E-state index contributed by atoms with van der Waals surface area (Å²) in [7, 11) is 0. The lowest BCUT2D eigenvalue weighted by atomic mass is 10.00. The molecule has 0 aliphatic heterocycles. The van der Waals surface area contributed by atoms with Gasteiger partial charge in [-0.25, -0.2) is 0 Å². The smallest absolute Gasteiger partial charge is 0.243 e. The van der Waals surface area contributed by atoms with E-state index in [0.717, 1.165) is 22.3 Å². The van der Waals surface area contributed by atoms with Crippen LogP contribution in [-0.2, 0) is 29.0 Å². The molecule has 4 nitrogen and oxygen atoms in total. The molecule has 0 aromatic heterocycles. The molecule has 0 bridgehead atoms. The maximum atomic E-state index is 13.8. The van der Waals surface area contributed by atoms with Crippen LogP contribution in [0.25, 0.3) is 0 Å². The summed E-state index contributed by atoms with van der Waals surface area (Å²) in [4.78, 5) is 28.9. The van der Waals surface area contributed by atoms with Crippen molar-refractivity contribution in [1.82, 2.24) is 10.2 Å². The van der Waals surface area contributed by atoms with Gasteiger partial charge in [0.1, 0.15) is 6.04 Å². The minimum atomic E-state index is -0.731. The Labute approximate surface area is 218 Å². The molecule has 0 heterocycles. The van der Waals surface area contributed by atoms with Crippen molar-refractivity contribution in [2.75, 3.05) is 0 Å². The molecule has 35 heavy (non-hydrogen) atoms. The maximum absolute atomic E-state index is 13.8. The predicted molar refractivity (Wildman–Crippen MR) is 144 cm³/mol. The first-order valence-electron chi connectivity index (χ1n) is 11.8. The standard InChI is InChI=1S/C29H32Cl2N2O2/c1-19(2)32-29(35)27(16-22-9-6-5-7-10-22)33(18-24-25(30)11-8-12-26(24)31)28(34)17-23-14-20(3)13-21(4)15-23/h5-15,19,27H,16-18H2,1-4H3,(H,32,35)/t27-/m0/s1. The monoisotopic (exact) mass is 510 g/mol. The average molecular weight is 511 g/mol. The summed E-state index contributed by atoms with van der Waals surface area (Å²) in [6.07, 6.45) is 0.547. The van der Waals surface area contributed by atoms with Crippen molar-refractivity contribution in [3.63, 3.8) is 0 Å². The van der Waals surface area contributed by atoms with E-state index in [-0.39, 0.29) is 30.8 Å². The van der Waals surface area contributed by atoms with Gasteiger partial charge in [0.05, 0.1) is 6.42 Å². The summed E-state index contributed by atoms with van der Waals surface area (Å²) in [5.74, 6) is -0.369. The molecular weight excluding hydrogens is 479 g/mol. The summed E-state index contributed by atoms with van der Waals surface area (Å²) in [5, 5.41) is 3.92. The third kappa shape index (κ3) is 7.58. The first-order chi connectivity index (χ1) is 16.6. The number of benzene rings is 3. The highest BCUT2D eigenvalue weighted by Crippen LogP contribution is 2.27. The van der Waals surface area contributed by atoms with Gasteiger partial charge in [-0.05, 0) is 51.0 Å². The second kappa shape index (κ2) is 12.2. The maximum Gasteiger partial charge on any atom is 0.243 e. The van der Waals surface area contributed by atoms with Crippen molar-refractivity contribution in [1.29, 1.82) is 0 Å². The van der Waals surface area contributed by atoms with Crippen LogP contribution in [0.3, 0.4) is 0 Å². The SMILES string of the molecule is Cc1cc(C)cc(CC(=O)N(Cc2c(Cl)cccc2Cl)[C@@H](Cc2ccccc2)C(=O)NC(C)C)c1. The van der Waals surface area contributed by atoms with Gasteiger partial charge >= 0.3 is 0 Å². The summed E-state index contributed by atoms with van der Waals surface area (Å²) in [6.45, 7) is 7.96. The number of amides is 2. The molecule has 3 aromatic rings. The van der Waals surface area contributed by atoms with Crippen LogP contribution in [0.1, 0.15) is 41.7 Å². The molecule has 6 heteroatoms. The van der Waals surface area contributed by atoms with E-state index >= 15 is 0 Å². The van der Waals surface area contributed by atoms with E-state index in [2.05, 4.69) is 11.4 Å². The van der Waals surface area contributed by atoms with Crippen LogP contribution in [-0.4, -0.2) is 28.8 Å². The fourth-order valence-corrected chi connectivity index (χ4v) is 4.75. The van der Waals surface area contributed by atoms with Gasteiger partial charge in [0.25, 0.3) is 0 Å². The van der Waals surface area contributed by atoms with Crippen LogP contribution in [0.2, 0.25) is 10.0 Å². The van der Waals surface area contributed by atoms with Gasteiger partial charge in [0, 0.05) is 34.6 Å². The number of carbonyl (C=O) groups is 2. The van der Waals surface area contributed by atoms with Gasteiger partial charge in [-0.1, -0.05) is 88.9 Å². The molecule has 0 aliphatic carbocycles. The van der Waals surface area contributed by atoms with Crippen LogP contribution in [0, 0.1) is 13.8 Å². The highest BCUT2D eigenvalue weighted by molar-refractivity contribution is 6.36. The zero-order valence-corrected chi connectivity index (χ0v) is 22.2. The van der Waals surface area contributed by atoms with Gasteiger partial charge in [0.2, 0.25) is 11.8 Å². The van der Waals surface area contributed by atoms with Gasteiger partial charge in [-0.15, -0.1) is 0 Å². The Morgan fingerprint density at radius 2 is 1.46 bits per heavy atom. The van der Waals surface area contributed by atoms with E-state index in [1.54, 1.807) is 23.1 Å². The van der Waals surface area contributed by atoms with Crippen LogP contribution in [0.15, 0.2) is 66.7 Å². The molecule has 2 amide bonds. The Bertz CT molecular complexity index is 1140. The zero-order chi connectivity index (χ0) is 25.5. The average Bonchev–Trinajstić information content (AvgIpc) is 2.77. The molecule has 1 atom stereocenters. The number of nitrogens with one attached hydrogen (secondary N) is 1. The van der Waals surface area contributed by atoms with Crippen molar-refractivity contribution in [2.45, 2.75) is 59.2 Å². The molecule has 0 fully saturated rings. The zero-order valence-electron chi connectivity index (χ0n) is 20.6. The van der Waals surface area contributed by atoms with Crippen molar-refractivity contribution in [2.24, 2.45) is 0 Å². The van der Waals surface area contributed by atoms with Crippen LogP contribution in [0.5, 0.6) is 0 Å². The molecule has 3 aromatic carbocycles. The highest BCUT2D eigenvalue weighted by atomic mass is 35.5. The quantitative estimate of drug-likeness (QED) is 0.366. The normalized spacial score (nSPS) is 11.9. The summed E-state index contributed by atoms with van der Waals surface area (Å²) >= 11 is 13.0. The fraction of sp³-hybridized carbons (Fsp3) is 0.310. The molecule has 0 saturated heterocycles. The van der Waals surface area contributed by atoms with Crippen molar-refractivity contribution < 1.29 is 9.59 Å². The summed E-state index contributed by atoms with van der Waals surface area (Å²) < 4.78 is 0. The lowest BCUT2D eigenvalue weighted by Crippen LogP contribution is -2.52. The molecule has 1 N–H and O–H groups in total. The lowest BCUT2D eigenvalue weighted by molar-refractivity contribution is -0.141. The second-order valence-corrected chi connectivity index (χ2v) is 10.1. The second-order valence-electron chi connectivity index (χ2n) is 9.26. The topological polar surface area (TPSA) is 49.4 Å². The van der Waals surface area contributed by atoms with E-state index in [1.807, 2.05) is 70.2 Å². The molecule has 0 unspecified atom stereocenters. The van der Waals surface area contributed by atoms with Gasteiger partial charge in [0.15, 0.2) is 0 Å². The first-order valence-corrected chi connectivity index (χ1v) is 12.5. The van der Waals surface area contributed by atoms with E-state index < -0.39 is 6.04 Å². The number of nitrogens with zero attached hydrogens (tertiary/aromatic N) is 1. The van der Waals surface area contributed by atoms with E-state index in [0.29, 0.717) is 22.0 Å². The van der Waals surface area contributed by atoms with E-state index in [9.17, 15) is 9.59 Å². The lowest BCUT2D eigenvalue weighted by Gasteiger charge is -2.32. The number of hydrogen-bond acceptors (Lipinski definition) is 2. The van der Waals surface area contributed by atoms with Crippen LogP contribution < -0.4 is 5.32 Å². The van der Waals surface area contributed by atoms with Crippen molar-refractivity contribution in [3.05, 3.63) is 105 Å². The molecule has 3 rings (SSSR count). The van der Waals surface area contributed by atoms with Gasteiger partial charge in [-0.3, -0.25) is 9.59 Å². The summed E-state index contributed by atoms with van der Waals surface area (Å²) in [6, 6.07) is 20.3. The number of halogens is 2. The van der Waals surface area contributed by atoms with E-state index in [4.69, 9.17) is 23.2 Å². The molecule has 0 spiro atoms. The number of carbonyl (C=O) groups excluding carboxylic acids is 2. The minimum absolute atomic E-state index is 0.0685. The largest absolute Gasteiger partial charge is 0.352 e. The molecule has 0 aliphatic rings. The number of aryl methyl sites for hydroxylation is 2. The third-order valence-corrected chi connectivity index (χ3v) is 6.44. The Morgan fingerprint density at radius 1 is 0.857 bits per heavy atom. The van der Waals surface area contributed by atoms with Crippen LogP contribution >= 0.6 is 23.2 Å². The van der Waals surface area contributed by atoms with Crippen LogP contribution in [0.4, 0.5) is 0 Å². The van der Waals surface area contributed by atoms with E-state index in [1.165, 1.54) is 0 Å². The van der Waals surface area contributed by atoms with Gasteiger partial charge < -0.3 is 10.2 Å². The fourth-order valence-electron chi connectivity index (χ4n) is 4.24. The highest BCUT2D eigenvalue weighted by Gasteiger charge is 2.31. The Morgan fingerprint density at radius 3 is 2.03 bits per heavy atom. The predicted octanol–water partition coefficient (Wildman–Crippen LogP) is 6.32. The molecule has 0 radical (unpaired) electrons. The summed E-state index contributed by atoms with van der Waals surface area (Å²) in [5.41, 5.74) is 4.68. The Balaban J connectivity index is 2.04. The number of hydrogen-bond donors (Lipinski definition) is 1. The molecule has 184 valence electrons. The van der Waals surface area contributed by atoms with Crippen molar-refractivity contribution in [3.8, 4) is 0 Å². The van der Waals surface area contributed by atoms with Crippen molar-refractivity contribution >= 4 is 35.0 Å². The Hall–Kier alpha value is -2.82. The Kier molecular flexibility index (Phi) is 9.36. The molecule has 0 saturated carbocycles. The third-order valence-electron chi connectivity index (χ3n) is 5.73.